The number of hydrogen-bond donors (Lipinski definition) is 1. The highest BCUT2D eigenvalue weighted by Gasteiger charge is 2.43. The van der Waals surface area contributed by atoms with Gasteiger partial charge in [0.15, 0.2) is 17.1 Å². The minimum atomic E-state index is -0.107. The van der Waals surface area contributed by atoms with Crippen LogP contribution in [0.3, 0.4) is 0 Å². The number of aromatic amines is 1. The first-order valence-corrected chi connectivity index (χ1v) is 10.5. The summed E-state index contributed by atoms with van der Waals surface area (Å²) in [5.74, 6) is 0.0515. The highest BCUT2D eigenvalue weighted by Crippen LogP contribution is 2.44. The maximum absolute atomic E-state index is 13.1. The van der Waals surface area contributed by atoms with E-state index in [1.807, 2.05) is 35.7 Å². The molecular formula is C22H23N7O2. The lowest BCUT2D eigenvalue weighted by Gasteiger charge is -2.43. The van der Waals surface area contributed by atoms with E-state index in [1.54, 1.807) is 6.07 Å². The largest absolute Gasteiger partial charge is 0.339 e. The topological polar surface area (TPSA) is 121 Å². The Morgan fingerprint density at radius 1 is 1.26 bits per heavy atom. The van der Waals surface area contributed by atoms with E-state index in [-0.39, 0.29) is 28.8 Å². The van der Waals surface area contributed by atoms with Gasteiger partial charge in [-0.1, -0.05) is 0 Å². The van der Waals surface area contributed by atoms with E-state index >= 15 is 0 Å². The van der Waals surface area contributed by atoms with E-state index in [1.165, 1.54) is 6.20 Å². The van der Waals surface area contributed by atoms with Crippen LogP contribution >= 0.6 is 0 Å². The number of amides is 1. The summed E-state index contributed by atoms with van der Waals surface area (Å²) in [6.07, 6.45) is 6.25. The SMILES string of the molecule is CC(C)n1ncc2c1C(=O)CC1(CCN(C(=O)c3cnc4[nH]nc(C#N)c4c3)CC1)C2. The standard InChI is InChI=1S/C22H23N7O2/c1-13(2)29-19-15(12-25-29)8-22(9-18(19)30)3-5-28(6-4-22)21(31)14-7-16-17(10-23)26-27-20(16)24-11-14/h7,11-13H,3-6,8-9H2,1-2H3,(H,24,26,27). The molecule has 1 fully saturated rings. The molecule has 0 atom stereocenters. The Bertz CT molecular complexity index is 1240. The maximum Gasteiger partial charge on any atom is 0.255 e. The Kier molecular flexibility index (Phi) is 4.39. The minimum Gasteiger partial charge on any atom is -0.339 e. The molecule has 1 amide bonds. The molecule has 9 nitrogen and oxygen atoms in total. The molecule has 2 aliphatic rings. The van der Waals surface area contributed by atoms with Gasteiger partial charge in [0.1, 0.15) is 11.8 Å². The molecule has 4 heterocycles. The minimum absolute atomic E-state index is 0.105. The van der Waals surface area contributed by atoms with Crippen LogP contribution < -0.4 is 0 Å². The van der Waals surface area contributed by atoms with E-state index < -0.39 is 0 Å². The van der Waals surface area contributed by atoms with Crippen LogP contribution in [0, 0.1) is 16.7 Å². The molecule has 0 unspecified atom stereocenters. The number of carbonyl (C=O) groups excluding carboxylic acids is 2. The van der Waals surface area contributed by atoms with Crippen molar-refractivity contribution in [2.45, 2.75) is 45.6 Å². The second-order valence-electron chi connectivity index (χ2n) is 8.93. The Morgan fingerprint density at radius 2 is 2.03 bits per heavy atom. The fourth-order valence-electron chi connectivity index (χ4n) is 4.94. The fourth-order valence-corrected chi connectivity index (χ4v) is 4.94. The number of nitrogens with one attached hydrogen (secondary N) is 1. The van der Waals surface area contributed by atoms with Crippen LogP contribution in [-0.4, -0.2) is 54.6 Å². The highest BCUT2D eigenvalue weighted by atomic mass is 16.2. The third kappa shape index (κ3) is 3.10. The molecule has 31 heavy (non-hydrogen) atoms. The van der Waals surface area contributed by atoms with Crippen molar-refractivity contribution in [3.05, 3.63) is 41.0 Å². The normalized spacial score (nSPS) is 17.9. The summed E-state index contributed by atoms with van der Waals surface area (Å²) < 4.78 is 1.83. The number of Topliss-reactive ketones (excluding diaryl/α,β-unsaturated/α-hetero) is 1. The van der Waals surface area contributed by atoms with Gasteiger partial charge in [0.25, 0.3) is 5.91 Å². The number of nitriles is 1. The number of H-pyrrole nitrogens is 1. The number of fused-ring (bicyclic) bond motifs is 2. The summed E-state index contributed by atoms with van der Waals surface area (Å²) in [6, 6.07) is 3.84. The molecule has 0 saturated carbocycles. The fraction of sp³-hybridized carbons (Fsp3) is 0.455. The van der Waals surface area contributed by atoms with Gasteiger partial charge in [0.05, 0.1) is 17.1 Å². The number of pyridine rings is 1. The molecule has 9 heteroatoms. The van der Waals surface area contributed by atoms with Crippen molar-refractivity contribution in [3.8, 4) is 6.07 Å². The van der Waals surface area contributed by atoms with E-state index in [9.17, 15) is 14.9 Å². The van der Waals surface area contributed by atoms with Crippen molar-refractivity contribution >= 4 is 22.7 Å². The zero-order chi connectivity index (χ0) is 21.8. The first-order chi connectivity index (χ1) is 14.9. The third-order valence-corrected chi connectivity index (χ3v) is 6.61. The average Bonchev–Trinajstić information content (AvgIpc) is 3.37. The Morgan fingerprint density at radius 3 is 2.74 bits per heavy atom. The molecule has 0 aromatic carbocycles. The van der Waals surface area contributed by atoms with Crippen LogP contribution in [0.2, 0.25) is 0 Å². The number of hydrogen-bond acceptors (Lipinski definition) is 6. The molecular weight excluding hydrogens is 394 g/mol. The van der Waals surface area contributed by atoms with Crippen LogP contribution in [-0.2, 0) is 6.42 Å². The summed E-state index contributed by atoms with van der Waals surface area (Å²) in [7, 11) is 0. The number of ketones is 1. The smallest absolute Gasteiger partial charge is 0.255 e. The van der Waals surface area contributed by atoms with Gasteiger partial charge in [-0.3, -0.25) is 19.4 Å². The predicted octanol–water partition coefficient (Wildman–Crippen LogP) is 2.66. The van der Waals surface area contributed by atoms with Crippen molar-refractivity contribution in [2.24, 2.45) is 5.41 Å². The van der Waals surface area contributed by atoms with Gasteiger partial charge in [-0.05, 0) is 44.6 Å². The van der Waals surface area contributed by atoms with E-state index in [2.05, 4.69) is 20.3 Å². The van der Waals surface area contributed by atoms with Gasteiger partial charge >= 0.3 is 0 Å². The van der Waals surface area contributed by atoms with E-state index in [4.69, 9.17) is 0 Å². The van der Waals surface area contributed by atoms with Crippen LogP contribution in [0.4, 0.5) is 0 Å². The summed E-state index contributed by atoms with van der Waals surface area (Å²) >= 11 is 0. The first kappa shape index (κ1) is 19.4. The van der Waals surface area contributed by atoms with Crippen LogP contribution in [0.15, 0.2) is 18.5 Å². The lowest BCUT2D eigenvalue weighted by molar-refractivity contribution is 0.0517. The summed E-state index contributed by atoms with van der Waals surface area (Å²) in [6.45, 7) is 5.25. The van der Waals surface area contributed by atoms with Crippen LogP contribution in [0.5, 0.6) is 0 Å². The molecule has 3 aromatic heterocycles. The van der Waals surface area contributed by atoms with E-state index in [0.717, 1.165) is 30.5 Å². The van der Waals surface area contributed by atoms with Gasteiger partial charge in [0.2, 0.25) is 0 Å². The molecule has 5 rings (SSSR count). The predicted molar refractivity (Wildman–Crippen MR) is 111 cm³/mol. The summed E-state index contributed by atoms with van der Waals surface area (Å²) in [5.41, 5.74) is 2.85. The lowest BCUT2D eigenvalue weighted by atomic mass is 9.67. The molecule has 3 aromatic rings. The maximum atomic E-state index is 13.1. The van der Waals surface area contributed by atoms with Crippen molar-refractivity contribution in [1.82, 2.24) is 29.9 Å². The molecule has 0 bridgehead atoms. The Labute approximate surface area is 179 Å². The van der Waals surface area contributed by atoms with Crippen molar-refractivity contribution in [1.29, 1.82) is 5.26 Å². The number of piperidine rings is 1. The molecule has 0 radical (unpaired) electrons. The quantitative estimate of drug-likeness (QED) is 0.684. The van der Waals surface area contributed by atoms with Crippen molar-refractivity contribution < 1.29 is 9.59 Å². The third-order valence-electron chi connectivity index (χ3n) is 6.61. The molecule has 1 spiro atoms. The van der Waals surface area contributed by atoms with Gasteiger partial charge in [0, 0.05) is 37.3 Å². The van der Waals surface area contributed by atoms with Crippen LogP contribution in [0.25, 0.3) is 11.0 Å². The second kappa shape index (κ2) is 7.01. The van der Waals surface area contributed by atoms with Gasteiger partial charge < -0.3 is 4.90 Å². The number of aromatic nitrogens is 5. The van der Waals surface area contributed by atoms with Crippen molar-refractivity contribution in [2.75, 3.05) is 13.1 Å². The Hall–Kier alpha value is -3.54. The first-order valence-electron chi connectivity index (χ1n) is 10.5. The van der Waals surface area contributed by atoms with Gasteiger partial charge in [-0.15, -0.1) is 0 Å². The molecule has 1 N–H and O–H groups in total. The number of nitrogens with zero attached hydrogens (tertiary/aromatic N) is 6. The van der Waals surface area contributed by atoms with Crippen LogP contribution in [0.1, 0.15) is 71.3 Å². The highest BCUT2D eigenvalue weighted by molar-refractivity contribution is 5.98. The van der Waals surface area contributed by atoms with Gasteiger partial charge in [-0.25, -0.2) is 4.98 Å². The molecule has 158 valence electrons. The zero-order valence-corrected chi connectivity index (χ0v) is 17.6. The molecule has 1 aliphatic heterocycles. The number of carbonyl (C=O) groups is 2. The summed E-state index contributed by atoms with van der Waals surface area (Å²) in [5, 5.41) is 20.8. The lowest BCUT2D eigenvalue weighted by Crippen LogP contribution is -2.46. The monoisotopic (exact) mass is 417 g/mol. The Balaban J connectivity index is 1.33. The van der Waals surface area contributed by atoms with Crippen molar-refractivity contribution in [3.63, 3.8) is 0 Å². The number of rotatable bonds is 2. The number of likely N-dealkylation sites (tertiary alicyclic amines) is 1. The molecule has 1 saturated heterocycles. The average molecular weight is 417 g/mol. The molecule has 1 aliphatic carbocycles. The second-order valence-corrected chi connectivity index (χ2v) is 8.93. The summed E-state index contributed by atoms with van der Waals surface area (Å²) in [4.78, 5) is 32.1. The zero-order valence-electron chi connectivity index (χ0n) is 17.6. The van der Waals surface area contributed by atoms with Gasteiger partial charge in [-0.2, -0.15) is 15.5 Å². The van der Waals surface area contributed by atoms with E-state index in [0.29, 0.717) is 36.1 Å².